The Balaban J connectivity index is 1.78. The van der Waals surface area contributed by atoms with Crippen molar-refractivity contribution in [3.05, 3.63) is 29.8 Å². The van der Waals surface area contributed by atoms with Gasteiger partial charge in [0.2, 0.25) is 5.91 Å². The minimum absolute atomic E-state index is 0.0577. The van der Waals surface area contributed by atoms with Crippen molar-refractivity contribution in [3.63, 3.8) is 0 Å². The van der Waals surface area contributed by atoms with Crippen LogP contribution in [0.4, 0.5) is 5.69 Å². The summed E-state index contributed by atoms with van der Waals surface area (Å²) in [4.78, 5) is 26.3. The molecule has 2 rings (SSSR count). The number of benzene rings is 1. The molecule has 0 bridgehead atoms. The number of rotatable bonds is 10. The second-order valence-electron chi connectivity index (χ2n) is 6.66. The maximum Gasteiger partial charge on any atom is 0.253 e. The van der Waals surface area contributed by atoms with Crippen LogP contribution in [0, 0.1) is 0 Å². The molecule has 1 atom stereocenters. The highest BCUT2D eigenvalue weighted by atomic mass is 16.5. The second-order valence-corrected chi connectivity index (χ2v) is 6.66. The Hall–Kier alpha value is -2.08. The van der Waals surface area contributed by atoms with Gasteiger partial charge in [-0.2, -0.15) is 0 Å². The van der Waals surface area contributed by atoms with Gasteiger partial charge in [0, 0.05) is 37.5 Å². The maximum absolute atomic E-state index is 12.5. The predicted octanol–water partition coefficient (Wildman–Crippen LogP) is 2.66. The van der Waals surface area contributed by atoms with Crippen molar-refractivity contribution in [1.82, 2.24) is 10.2 Å². The molecule has 0 aromatic heterocycles. The molecular weight excluding hydrogens is 330 g/mol. The van der Waals surface area contributed by atoms with E-state index in [1.165, 1.54) is 0 Å². The van der Waals surface area contributed by atoms with Gasteiger partial charge in [-0.25, -0.2) is 0 Å². The zero-order valence-electron chi connectivity index (χ0n) is 15.9. The van der Waals surface area contributed by atoms with E-state index in [-0.39, 0.29) is 24.5 Å². The van der Waals surface area contributed by atoms with Gasteiger partial charge in [-0.1, -0.05) is 13.8 Å². The Bertz CT molecular complexity index is 562. The maximum atomic E-state index is 12.5. The third-order valence-corrected chi connectivity index (χ3v) is 4.41. The molecule has 6 nitrogen and oxygen atoms in total. The highest BCUT2D eigenvalue weighted by Gasteiger charge is 2.16. The van der Waals surface area contributed by atoms with Gasteiger partial charge in [-0.15, -0.1) is 0 Å². The topological polar surface area (TPSA) is 70.7 Å². The molecule has 144 valence electrons. The Labute approximate surface area is 156 Å². The van der Waals surface area contributed by atoms with Gasteiger partial charge < -0.3 is 20.3 Å². The first-order valence-corrected chi connectivity index (χ1v) is 9.65. The molecule has 1 aliphatic rings. The summed E-state index contributed by atoms with van der Waals surface area (Å²) >= 11 is 0. The molecule has 1 fully saturated rings. The number of carbonyl (C=O) groups is 2. The summed E-state index contributed by atoms with van der Waals surface area (Å²) < 4.78 is 5.48. The normalized spacial score (nSPS) is 16.3. The van der Waals surface area contributed by atoms with E-state index in [0.717, 1.165) is 51.1 Å². The first-order chi connectivity index (χ1) is 12.6. The van der Waals surface area contributed by atoms with E-state index in [1.54, 1.807) is 0 Å². The molecule has 1 aromatic rings. The number of ether oxygens (including phenoxy) is 1. The van der Waals surface area contributed by atoms with Crippen LogP contribution in [0.1, 0.15) is 49.9 Å². The van der Waals surface area contributed by atoms with Crippen molar-refractivity contribution in [1.29, 1.82) is 0 Å². The Morgan fingerprint density at radius 3 is 2.42 bits per heavy atom. The molecule has 0 radical (unpaired) electrons. The lowest BCUT2D eigenvalue weighted by Gasteiger charge is -2.21. The smallest absolute Gasteiger partial charge is 0.253 e. The average Bonchev–Trinajstić information content (AvgIpc) is 3.18. The fourth-order valence-electron chi connectivity index (χ4n) is 3.05. The number of anilines is 1. The van der Waals surface area contributed by atoms with E-state index in [1.807, 2.05) is 29.2 Å². The van der Waals surface area contributed by atoms with E-state index in [2.05, 4.69) is 24.5 Å². The largest absolute Gasteiger partial charge is 0.376 e. The second kappa shape index (κ2) is 10.8. The van der Waals surface area contributed by atoms with Crippen molar-refractivity contribution in [2.24, 2.45) is 0 Å². The van der Waals surface area contributed by atoms with Gasteiger partial charge in [0.05, 0.1) is 12.6 Å². The summed E-state index contributed by atoms with van der Waals surface area (Å²) in [6, 6.07) is 7.31. The van der Waals surface area contributed by atoms with Crippen LogP contribution < -0.4 is 10.6 Å². The van der Waals surface area contributed by atoms with Crippen LogP contribution in [0.15, 0.2) is 24.3 Å². The van der Waals surface area contributed by atoms with Gasteiger partial charge in [0.25, 0.3) is 5.91 Å². The molecule has 26 heavy (non-hydrogen) atoms. The molecule has 6 heteroatoms. The van der Waals surface area contributed by atoms with Crippen LogP contribution in [-0.2, 0) is 9.53 Å². The zero-order valence-corrected chi connectivity index (χ0v) is 15.9. The minimum atomic E-state index is -0.0577. The van der Waals surface area contributed by atoms with Crippen molar-refractivity contribution >= 4 is 17.5 Å². The lowest BCUT2D eigenvalue weighted by molar-refractivity contribution is -0.119. The van der Waals surface area contributed by atoms with Crippen LogP contribution >= 0.6 is 0 Å². The molecule has 0 spiro atoms. The van der Waals surface area contributed by atoms with Gasteiger partial charge in [-0.05, 0) is 49.9 Å². The summed E-state index contributed by atoms with van der Waals surface area (Å²) in [5.74, 6) is 0.00674. The summed E-state index contributed by atoms with van der Waals surface area (Å²) in [6.07, 6.45) is 4.13. The molecule has 0 saturated carbocycles. The first-order valence-electron chi connectivity index (χ1n) is 9.65. The number of nitrogens with zero attached hydrogens (tertiary/aromatic N) is 1. The summed E-state index contributed by atoms with van der Waals surface area (Å²) in [5, 5.41) is 5.97. The third-order valence-electron chi connectivity index (χ3n) is 4.41. The number of amides is 2. The zero-order chi connectivity index (χ0) is 18.8. The summed E-state index contributed by atoms with van der Waals surface area (Å²) in [7, 11) is 0. The van der Waals surface area contributed by atoms with Gasteiger partial charge >= 0.3 is 0 Å². The van der Waals surface area contributed by atoms with Crippen LogP contribution in [-0.4, -0.2) is 55.6 Å². The van der Waals surface area contributed by atoms with Crippen molar-refractivity contribution in [2.75, 3.05) is 38.1 Å². The fourth-order valence-corrected chi connectivity index (χ4v) is 3.05. The molecule has 2 amide bonds. The van der Waals surface area contributed by atoms with E-state index in [9.17, 15) is 9.59 Å². The number of nitrogens with one attached hydrogen (secondary N) is 2. The molecule has 0 aliphatic carbocycles. The van der Waals surface area contributed by atoms with Crippen LogP contribution in [0.3, 0.4) is 0 Å². The predicted molar refractivity (Wildman–Crippen MR) is 103 cm³/mol. The Morgan fingerprint density at radius 1 is 1.15 bits per heavy atom. The van der Waals surface area contributed by atoms with E-state index in [0.29, 0.717) is 12.1 Å². The minimum Gasteiger partial charge on any atom is -0.376 e. The van der Waals surface area contributed by atoms with E-state index >= 15 is 0 Å². The number of hydrogen-bond acceptors (Lipinski definition) is 4. The molecule has 2 N–H and O–H groups in total. The Kier molecular flexibility index (Phi) is 8.41. The number of hydrogen-bond donors (Lipinski definition) is 2. The summed E-state index contributed by atoms with van der Waals surface area (Å²) in [6.45, 7) is 7.27. The fraction of sp³-hybridized carbons (Fsp3) is 0.600. The lowest BCUT2D eigenvalue weighted by Crippen LogP contribution is -2.35. The molecule has 1 aliphatic heterocycles. The quantitative estimate of drug-likeness (QED) is 0.672. The lowest BCUT2D eigenvalue weighted by atomic mass is 10.1. The van der Waals surface area contributed by atoms with E-state index < -0.39 is 0 Å². The van der Waals surface area contributed by atoms with Crippen LogP contribution in [0.5, 0.6) is 0 Å². The van der Waals surface area contributed by atoms with Gasteiger partial charge in [-0.3, -0.25) is 9.59 Å². The standard InChI is InChI=1S/C20H31N3O3/c1-3-11-23(12-4-2)20(25)16-7-9-17(10-8-16)21-15-19(24)22-14-18-6-5-13-26-18/h7-10,18,21H,3-6,11-15H2,1-2H3,(H,22,24). The van der Waals surface area contributed by atoms with Crippen LogP contribution in [0.25, 0.3) is 0 Å². The van der Waals surface area contributed by atoms with E-state index in [4.69, 9.17) is 4.74 Å². The van der Waals surface area contributed by atoms with Crippen molar-refractivity contribution < 1.29 is 14.3 Å². The van der Waals surface area contributed by atoms with Crippen molar-refractivity contribution in [2.45, 2.75) is 45.6 Å². The Morgan fingerprint density at radius 2 is 1.85 bits per heavy atom. The SMILES string of the molecule is CCCN(CCC)C(=O)c1ccc(NCC(=O)NCC2CCCO2)cc1. The molecule has 1 aromatic carbocycles. The molecule has 1 unspecified atom stereocenters. The first kappa shape index (κ1) is 20.2. The van der Waals surface area contributed by atoms with Gasteiger partial charge in [0.15, 0.2) is 0 Å². The summed E-state index contributed by atoms with van der Waals surface area (Å²) in [5.41, 5.74) is 1.51. The third kappa shape index (κ3) is 6.33. The van der Waals surface area contributed by atoms with Crippen molar-refractivity contribution in [3.8, 4) is 0 Å². The van der Waals surface area contributed by atoms with Crippen LogP contribution in [0.2, 0.25) is 0 Å². The molecule has 1 saturated heterocycles. The monoisotopic (exact) mass is 361 g/mol. The highest BCUT2D eigenvalue weighted by molar-refractivity contribution is 5.94. The number of carbonyl (C=O) groups excluding carboxylic acids is 2. The van der Waals surface area contributed by atoms with Gasteiger partial charge in [0.1, 0.15) is 0 Å². The highest BCUT2D eigenvalue weighted by Crippen LogP contribution is 2.13. The molecule has 1 heterocycles. The average molecular weight is 361 g/mol. The molecular formula is C20H31N3O3.